The predicted molar refractivity (Wildman–Crippen MR) is 62.5 cm³/mol. The fourth-order valence-electron chi connectivity index (χ4n) is 2.16. The molecule has 0 unspecified atom stereocenters. The Morgan fingerprint density at radius 2 is 1.62 bits per heavy atom. The number of hydrogen-bond acceptors (Lipinski definition) is 1. The van der Waals surface area contributed by atoms with Gasteiger partial charge < -0.3 is 5.11 Å². The summed E-state index contributed by atoms with van der Waals surface area (Å²) in [5, 5.41) is 11.2. The lowest BCUT2D eigenvalue weighted by atomic mass is 9.80. The zero-order chi connectivity index (χ0) is 11.1. The van der Waals surface area contributed by atoms with E-state index in [0.29, 0.717) is 5.69 Å². The summed E-state index contributed by atoms with van der Waals surface area (Å²) in [6.45, 7) is 0. The van der Waals surface area contributed by atoms with Crippen molar-refractivity contribution in [1.82, 2.24) is 0 Å². The van der Waals surface area contributed by atoms with Gasteiger partial charge in [0.25, 0.3) is 0 Å². The Bertz CT molecular complexity index is 590. The van der Waals surface area contributed by atoms with E-state index < -0.39 is 6.09 Å². The van der Waals surface area contributed by atoms with Crippen LogP contribution < -0.4 is 5.32 Å². The van der Waals surface area contributed by atoms with Crippen molar-refractivity contribution in [2.45, 2.75) is 0 Å². The highest BCUT2D eigenvalue weighted by molar-refractivity contribution is 6.09. The quantitative estimate of drug-likeness (QED) is 0.647. The maximum atomic E-state index is 10.7. The zero-order valence-corrected chi connectivity index (χ0v) is 8.40. The van der Waals surface area contributed by atoms with Gasteiger partial charge in [0.15, 0.2) is 0 Å². The summed E-state index contributed by atoms with van der Waals surface area (Å²) in [6, 6.07) is 13.6. The van der Waals surface area contributed by atoms with Crippen LogP contribution in [-0.4, -0.2) is 11.2 Å². The third-order valence-electron chi connectivity index (χ3n) is 2.79. The van der Waals surface area contributed by atoms with E-state index in [1.54, 1.807) is 6.07 Å². The minimum atomic E-state index is -1.03. The third kappa shape index (κ3) is 1.11. The topological polar surface area (TPSA) is 49.3 Å². The molecule has 2 aromatic rings. The van der Waals surface area contributed by atoms with Gasteiger partial charge in [-0.15, -0.1) is 0 Å². The van der Waals surface area contributed by atoms with E-state index in [0.717, 1.165) is 16.7 Å². The molecule has 16 heavy (non-hydrogen) atoms. The average molecular weight is 211 g/mol. The van der Waals surface area contributed by atoms with Crippen molar-refractivity contribution in [2.24, 2.45) is 0 Å². The molecule has 0 atom stereocenters. The first-order valence-electron chi connectivity index (χ1n) is 5.00. The number of benzene rings is 2. The molecule has 1 aliphatic carbocycles. The van der Waals surface area contributed by atoms with Crippen molar-refractivity contribution in [3.8, 4) is 22.3 Å². The molecular weight excluding hydrogens is 202 g/mol. The van der Waals surface area contributed by atoms with Crippen molar-refractivity contribution >= 4 is 11.8 Å². The molecule has 0 heterocycles. The molecule has 0 fully saturated rings. The number of carboxylic acid groups (broad SMARTS) is 1. The molecule has 1 amide bonds. The van der Waals surface area contributed by atoms with Crippen LogP contribution in [0.2, 0.25) is 0 Å². The van der Waals surface area contributed by atoms with Gasteiger partial charge in [-0.1, -0.05) is 36.4 Å². The summed E-state index contributed by atoms with van der Waals surface area (Å²) < 4.78 is 0. The smallest absolute Gasteiger partial charge is 0.409 e. The maximum absolute atomic E-state index is 10.7. The highest BCUT2D eigenvalue weighted by Gasteiger charge is 2.24. The molecule has 0 aliphatic heterocycles. The van der Waals surface area contributed by atoms with Gasteiger partial charge in [-0.05, 0) is 22.8 Å². The second-order valence-corrected chi connectivity index (χ2v) is 3.70. The van der Waals surface area contributed by atoms with Gasteiger partial charge in [-0.25, -0.2) is 4.79 Å². The van der Waals surface area contributed by atoms with E-state index >= 15 is 0 Å². The molecule has 0 spiro atoms. The molecular formula is C13H9NO2. The van der Waals surface area contributed by atoms with E-state index in [9.17, 15) is 4.79 Å². The largest absolute Gasteiger partial charge is 0.465 e. The fraction of sp³-hybridized carbons (Fsp3) is 0. The van der Waals surface area contributed by atoms with E-state index in [4.69, 9.17) is 5.11 Å². The maximum Gasteiger partial charge on any atom is 0.409 e. The number of nitrogens with one attached hydrogen (secondary N) is 1. The van der Waals surface area contributed by atoms with Crippen molar-refractivity contribution < 1.29 is 9.90 Å². The van der Waals surface area contributed by atoms with Gasteiger partial charge in [0, 0.05) is 5.56 Å². The lowest BCUT2D eigenvalue weighted by molar-refractivity contribution is 0.210. The minimum Gasteiger partial charge on any atom is -0.465 e. The molecule has 3 nitrogen and oxygen atoms in total. The van der Waals surface area contributed by atoms with Gasteiger partial charge in [-0.2, -0.15) is 0 Å². The summed E-state index contributed by atoms with van der Waals surface area (Å²) >= 11 is 0. The average Bonchev–Trinajstić information content (AvgIpc) is 2.24. The Morgan fingerprint density at radius 1 is 0.938 bits per heavy atom. The van der Waals surface area contributed by atoms with Crippen LogP contribution in [0.1, 0.15) is 0 Å². The second-order valence-electron chi connectivity index (χ2n) is 3.70. The molecule has 0 aromatic heterocycles. The van der Waals surface area contributed by atoms with Crippen LogP contribution in [-0.2, 0) is 0 Å². The first-order valence-corrected chi connectivity index (χ1v) is 5.00. The lowest BCUT2D eigenvalue weighted by Crippen LogP contribution is -2.11. The standard InChI is InChI=1S/C13H9NO2/c15-13(16)14-11-7-3-6-10-8-4-1-2-5-9(8)12(10)11/h1-7,14H,(H,15,16). The van der Waals surface area contributed by atoms with Gasteiger partial charge in [0.2, 0.25) is 0 Å². The Labute approximate surface area is 92.4 Å². The number of anilines is 1. The molecule has 1 aliphatic rings. The van der Waals surface area contributed by atoms with Crippen molar-refractivity contribution in [3.05, 3.63) is 42.5 Å². The molecule has 0 radical (unpaired) electrons. The van der Waals surface area contributed by atoms with Crippen molar-refractivity contribution in [1.29, 1.82) is 0 Å². The van der Waals surface area contributed by atoms with E-state index in [1.165, 1.54) is 5.56 Å². The van der Waals surface area contributed by atoms with Gasteiger partial charge in [0.05, 0.1) is 5.69 Å². The van der Waals surface area contributed by atoms with Gasteiger partial charge in [0.1, 0.15) is 0 Å². The highest BCUT2D eigenvalue weighted by atomic mass is 16.4. The second kappa shape index (κ2) is 3.10. The number of fused-ring (bicyclic) bond motifs is 4. The molecule has 0 bridgehead atoms. The molecule has 0 saturated carbocycles. The Kier molecular flexibility index (Phi) is 1.74. The van der Waals surface area contributed by atoms with Crippen molar-refractivity contribution in [3.63, 3.8) is 0 Å². The lowest BCUT2D eigenvalue weighted by Gasteiger charge is -2.26. The molecule has 2 aromatic carbocycles. The highest BCUT2D eigenvalue weighted by Crippen LogP contribution is 2.50. The SMILES string of the molecule is O=C(O)Nc1cccc2c1-c1ccccc1-2. The number of hydrogen-bond donors (Lipinski definition) is 2. The third-order valence-corrected chi connectivity index (χ3v) is 2.79. The normalized spacial score (nSPS) is 11.0. The van der Waals surface area contributed by atoms with Crippen LogP contribution >= 0.6 is 0 Å². The van der Waals surface area contributed by atoms with E-state index in [1.807, 2.05) is 36.4 Å². The van der Waals surface area contributed by atoms with Crippen LogP contribution in [0, 0.1) is 0 Å². The Balaban J connectivity index is 2.14. The first kappa shape index (κ1) is 8.97. The Hall–Kier alpha value is -2.29. The summed E-state index contributed by atoms with van der Waals surface area (Å²) in [6.07, 6.45) is -1.03. The van der Waals surface area contributed by atoms with E-state index in [-0.39, 0.29) is 0 Å². The van der Waals surface area contributed by atoms with Crippen molar-refractivity contribution in [2.75, 3.05) is 5.32 Å². The van der Waals surface area contributed by atoms with Crippen LogP contribution in [0.3, 0.4) is 0 Å². The fourth-order valence-corrected chi connectivity index (χ4v) is 2.16. The minimum absolute atomic E-state index is 0.656. The van der Waals surface area contributed by atoms with Crippen LogP contribution in [0.25, 0.3) is 22.3 Å². The summed E-state index contributed by atoms with van der Waals surface area (Å²) in [7, 11) is 0. The zero-order valence-electron chi connectivity index (χ0n) is 8.40. The van der Waals surface area contributed by atoms with Crippen LogP contribution in [0.4, 0.5) is 10.5 Å². The monoisotopic (exact) mass is 211 g/mol. The predicted octanol–water partition coefficient (Wildman–Crippen LogP) is 3.42. The molecule has 2 N–H and O–H groups in total. The van der Waals surface area contributed by atoms with Crippen LogP contribution in [0.15, 0.2) is 42.5 Å². The molecule has 78 valence electrons. The van der Waals surface area contributed by atoms with Crippen LogP contribution in [0.5, 0.6) is 0 Å². The van der Waals surface area contributed by atoms with E-state index in [2.05, 4.69) is 5.32 Å². The van der Waals surface area contributed by atoms with Gasteiger partial charge >= 0.3 is 6.09 Å². The van der Waals surface area contributed by atoms with Gasteiger partial charge in [-0.3, -0.25) is 5.32 Å². The molecule has 0 saturated heterocycles. The Morgan fingerprint density at radius 3 is 2.38 bits per heavy atom. The number of amides is 1. The first-order chi connectivity index (χ1) is 7.77. The summed E-state index contributed by atoms with van der Waals surface area (Å²) in [5.41, 5.74) is 5.07. The number of carbonyl (C=O) groups is 1. The summed E-state index contributed by atoms with van der Waals surface area (Å²) in [4.78, 5) is 10.7. The summed E-state index contributed by atoms with van der Waals surface area (Å²) in [5.74, 6) is 0. The molecule has 3 heteroatoms. The number of rotatable bonds is 1. The molecule has 3 rings (SSSR count).